The lowest BCUT2D eigenvalue weighted by atomic mass is 9.89. The summed E-state index contributed by atoms with van der Waals surface area (Å²) in [6, 6.07) is 20.2. The summed E-state index contributed by atoms with van der Waals surface area (Å²) < 4.78 is 237. The van der Waals surface area contributed by atoms with E-state index in [9.17, 15) is 35.9 Å². The van der Waals surface area contributed by atoms with Gasteiger partial charge in [-0.25, -0.2) is 71.1 Å². The van der Waals surface area contributed by atoms with E-state index in [0.29, 0.717) is 61.4 Å². The van der Waals surface area contributed by atoms with Gasteiger partial charge in [-0.15, -0.1) is 0 Å². The normalized spacial score (nSPS) is 11.4. The maximum absolute atomic E-state index is 16.3. The number of unbranched alkanes of at least 4 members (excludes halogenated alkanes) is 6. The molecule has 10 rings (SSSR count). The molecular weight excluding hydrogens is 1200 g/mol. The first-order chi connectivity index (χ1) is 43.1. The minimum absolute atomic E-state index is 0.0434. The molecule has 0 spiro atoms. The zero-order valence-electron chi connectivity index (χ0n) is 47.5. The van der Waals surface area contributed by atoms with E-state index < -0.39 is 138 Å². The van der Waals surface area contributed by atoms with Gasteiger partial charge in [0, 0.05) is 35.4 Å². The maximum atomic E-state index is 16.3. The first kappa shape index (κ1) is 63.3. The van der Waals surface area contributed by atoms with Gasteiger partial charge in [0.2, 0.25) is 0 Å². The Balaban J connectivity index is 1.10. The van der Waals surface area contributed by atoms with Crippen LogP contribution >= 0.6 is 0 Å². The number of esters is 2. The summed E-state index contributed by atoms with van der Waals surface area (Å²) in [6.07, 6.45) is 6.40. The largest absolute Gasteiger partial charge is 0.493 e. The van der Waals surface area contributed by atoms with E-state index in [1.807, 2.05) is 13.8 Å². The molecule has 90 heavy (non-hydrogen) atoms. The van der Waals surface area contributed by atoms with Gasteiger partial charge in [-0.05, 0) is 141 Å². The van der Waals surface area contributed by atoms with Gasteiger partial charge in [-0.1, -0.05) is 88.8 Å². The predicted octanol–water partition coefficient (Wildman–Crippen LogP) is 20.6. The quantitative estimate of drug-likeness (QED) is 0.0235. The number of fused-ring (bicyclic) bond motifs is 2. The Morgan fingerprint density at radius 3 is 0.956 bits per heavy atom. The van der Waals surface area contributed by atoms with Crippen molar-refractivity contribution in [1.29, 1.82) is 0 Å². The summed E-state index contributed by atoms with van der Waals surface area (Å²) in [5, 5.41) is 0.0388. The Hall–Kier alpha value is -9.72. The van der Waals surface area contributed by atoms with Crippen molar-refractivity contribution in [2.24, 2.45) is 0 Å². The number of hydrogen-bond donors (Lipinski definition) is 0. The van der Waals surface area contributed by atoms with Gasteiger partial charge in [-0.3, -0.25) is 0 Å². The van der Waals surface area contributed by atoms with Crippen LogP contribution in [0.4, 0.5) is 61.5 Å². The molecule has 0 aromatic heterocycles. The topological polar surface area (TPSA) is 71.1 Å². The molecule has 10 aromatic carbocycles. The van der Waals surface area contributed by atoms with E-state index in [1.165, 1.54) is 48.5 Å². The molecule has 0 amide bonds. The van der Waals surface area contributed by atoms with Crippen molar-refractivity contribution in [2.75, 3.05) is 13.2 Å². The third-order valence-electron chi connectivity index (χ3n) is 14.9. The lowest BCUT2D eigenvalue weighted by molar-refractivity contribution is 0.0712. The fraction of sp³-hybridized carbons (Fsp3) is 0.171. The lowest BCUT2D eigenvalue weighted by Gasteiger charge is -2.20. The SMILES string of the molecule is CCCCCCOc1cc(F)c(-c2cc(F)c(C(=O)Oc3ccc4cc(-c5cc(F)c(F)c(F)c5)ccc4c3-c3c(OC(=O)c4c(F)cc(-c5c(F)cc(OCCCCCC)cc5F)cc4F)ccc4cc(-c5cc(F)c(F)c(F)c5)ccc34)c(F)c2)c(F)c1. The molecule has 0 aliphatic rings. The molecule has 0 saturated carbocycles. The first-order valence-electron chi connectivity index (χ1n) is 28.2. The molecule has 6 nitrogen and oxygen atoms in total. The summed E-state index contributed by atoms with van der Waals surface area (Å²) in [7, 11) is 0. The van der Waals surface area contributed by atoms with Crippen LogP contribution in [0.3, 0.4) is 0 Å². The molecule has 0 saturated heterocycles. The Morgan fingerprint density at radius 2 is 0.633 bits per heavy atom. The maximum Gasteiger partial charge on any atom is 0.349 e. The fourth-order valence-corrected chi connectivity index (χ4v) is 10.5. The first-order valence-corrected chi connectivity index (χ1v) is 28.2. The van der Waals surface area contributed by atoms with Crippen molar-refractivity contribution in [1.82, 2.24) is 0 Å². The number of carbonyl (C=O) groups is 2. The van der Waals surface area contributed by atoms with Gasteiger partial charge in [0.25, 0.3) is 0 Å². The molecule has 0 fully saturated rings. The number of rotatable bonds is 21. The van der Waals surface area contributed by atoms with E-state index in [-0.39, 0.29) is 79.6 Å². The van der Waals surface area contributed by atoms with Crippen molar-refractivity contribution < 1.29 is 90.0 Å². The number of benzene rings is 10. The van der Waals surface area contributed by atoms with E-state index in [0.717, 1.165) is 74.9 Å². The van der Waals surface area contributed by atoms with Crippen LogP contribution in [0.2, 0.25) is 0 Å². The van der Waals surface area contributed by atoms with Gasteiger partial charge in [0.1, 0.15) is 80.7 Å². The molecular formula is C70H48F14O6. The third-order valence-corrected chi connectivity index (χ3v) is 14.9. The third kappa shape index (κ3) is 13.2. The summed E-state index contributed by atoms with van der Waals surface area (Å²) in [6.45, 7) is 4.23. The monoisotopic (exact) mass is 1250 g/mol. The minimum Gasteiger partial charge on any atom is -0.493 e. The second-order valence-electron chi connectivity index (χ2n) is 21.0. The standard InChI is InChI=1S/C70H48F14O6/c1-3-5-7-9-19-87-43-31-51(75)61(52(76)32-43)41-27-47(71)65(48(72)28-41)69(85)89-59-17-13-37-21-35(39-23-55(79)67(83)56(80)24-39)11-15-45(37)63(59)64-46-16-12-36(40-25-57(81)68(84)58(82)26-40)22-38(46)14-18-60(64)90-70(86)66-49(73)29-42(30-50(66)74)62-53(77)33-44(34-54(62)78)88-20-10-8-6-4-2/h11-18,21-34H,3-10,19-20H2,1-2H3. The highest BCUT2D eigenvalue weighted by Gasteiger charge is 2.30. The van der Waals surface area contributed by atoms with Crippen molar-refractivity contribution in [3.8, 4) is 78.6 Å². The number of halogens is 14. The van der Waals surface area contributed by atoms with E-state index in [1.54, 1.807) is 0 Å². The second kappa shape index (κ2) is 26.9. The number of hydrogen-bond acceptors (Lipinski definition) is 6. The Morgan fingerprint density at radius 1 is 0.311 bits per heavy atom. The van der Waals surface area contributed by atoms with Crippen molar-refractivity contribution in [2.45, 2.75) is 65.2 Å². The average Bonchev–Trinajstić information content (AvgIpc) is 0.771. The molecule has 10 aromatic rings. The highest BCUT2D eigenvalue weighted by molar-refractivity contribution is 6.12. The van der Waals surface area contributed by atoms with Gasteiger partial charge in [-0.2, -0.15) is 0 Å². The highest BCUT2D eigenvalue weighted by Crippen LogP contribution is 2.48. The molecule has 462 valence electrons. The summed E-state index contributed by atoms with van der Waals surface area (Å²) in [4.78, 5) is 28.7. The van der Waals surface area contributed by atoms with Gasteiger partial charge >= 0.3 is 11.9 Å². The van der Waals surface area contributed by atoms with Crippen LogP contribution in [0.1, 0.15) is 85.9 Å². The zero-order valence-corrected chi connectivity index (χ0v) is 47.5. The van der Waals surface area contributed by atoms with Crippen LogP contribution in [0.15, 0.2) is 133 Å². The van der Waals surface area contributed by atoms with E-state index >= 15 is 35.1 Å². The van der Waals surface area contributed by atoms with Crippen LogP contribution in [0.25, 0.3) is 77.2 Å². The lowest BCUT2D eigenvalue weighted by Crippen LogP contribution is -2.15. The highest BCUT2D eigenvalue weighted by atomic mass is 19.2. The fourth-order valence-electron chi connectivity index (χ4n) is 10.5. The molecule has 0 aliphatic carbocycles. The molecule has 20 heteroatoms. The molecule has 0 radical (unpaired) electrons. The van der Waals surface area contributed by atoms with Crippen LogP contribution in [0, 0.1) is 81.4 Å². The van der Waals surface area contributed by atoms with Gasteiger partial charge in [0.15, 0.2) is 34.9 Å². The zero-order chi connectivity index (χ0) is 64.2. The second-order valence-corrected chi connectivity index (χ2v) is 21.0. The van der Waals surface area contributed by atoms with E-state index in [4.69, 9.17) is 18.9 Å². The van der Waals surface area contributed by atoms with Crippen LogP contribution < -0.4 is 18.9 Å². The predicted molar refractivity (Wildman–Crippen MR) is 310 cm³/mol. The molecule has 0 bridgehead atoms. The van der Waals surface area contributed by atoms with E-state index in [2.05, 4.69) is 0 Å². The summed E-state index contributed by atoms with van der Waals surface area (Å²) >= 11 is 0. The number of ether oxygens (including phenoxy) is 4. The smallest absolute Gasteiger partial charge is 0.349 e. The van der Waals surface area contributed by atoms with Crippen molar-refractivity contribution in [3.63, 3.8) is 0 Å². The Bertz CT molecular complexity index is 4050. The van der Waals surface area contributed by atoms with Crippen LogP contribution in [-0.2, 0) is 0 Å². The summed E-state index contributed by atoms with van der Waals surface area (Å²) in [5.74, 6) is -26.9. The average molecular weight is 1250 g/mol. The Kier molecular flexibility index (Phi) is 19.0. The van der Waals surface area contributed by atoms with Crippen molar-refractivity contribution >= 4 is 33.5 Å². The van der Waals surface area contributed by atoms with Gasteiger partial charge < -0.3 is 18.9 Å². The molecule has 0 N–H and O–H groups in total. The van der Waals surface area contributed by atoms with Gasteiger partial charge in [0.05, 0.1) is 24.3 Å². The van der Waals surface area contributed by atoms with Crippen molar-refractivity contribution in [3.05, 3.63) is 226 Å². The summed E-state index contributed by atoms with van der Waals surface area (Å²) in [5.41, 5.74) is -6.95. The number of carbonyl (C=O) groups excluding carboxylic acids is 2. The molecule has 0 atom stereocenters. The molecule has 0 unspecified atom stereocenters. The Labute approximate surface area is 504 Å². The molecule has 0 heterocycles. The van der Waals surface area contributed by atoms with Crippen LogP contribution in [0.5, 0.6) is 23.0 Å². The van der Waals surface area contributed by atoms with Crippen LogP contribution in [-0.4, -0.2) is 25.2 Å². The minimum atomic E-state index is -1.79. The molecule has 0 aliphatic heterocycles.